The molecule has 20 heteroatoms. The van der Waals surface area contributed by atoms with Crippen LogP contribution in [0.3, 0.4) is 0 Å². The number of imide groups is 1. The maximum absolute atomic E-state index is 15.6. The first-order valence-electron chi connectivity index (χ1n) is 16.9. The van der Waals surface area contributed by atoms with Gasteiger partial charge in [0.25, 0.3) is 11.8 Å². The van der Waals surface area contributed by atoms with Crippen LogP contribution in [0.2, 0.25) is 0 Å². The number of rotatable bonds is 9. The molecule has 0 bridgehead atoms. The maximum Gasteiger partial charge on any atom is 0.329 e. The number of anilines is 1. The molecule has 3 fully saturated rings. The number of carbonyl (C=O) groups excluding carboxylic acids is 4. The molecule has 286 valence electrons. The highest BCUT2D eigenvalue weighted by Crippen LogP contribution is 2.42. The smallest absolute Gasteiger partial charge is 0.329 e. The number of piperidine rings is 2. The summed E-state index contributed by atoms with van der Waals surface area (Å²) < 4.78 is 81.5. The van der Waals surface area contributed by atoms with Gasteiger partial charge in [-0.15, -0.1) is 0 Å². The number of imidazole rings is 1. The highest BCUT2D eigenvalue weighted by atomic mass is 32.2. The molecule has 3 aromatic carbocycles. The SMILES string of the molecule is Cn1c(=O)n(C2CCC(=O)NC2=O)c2ccc(C3CCN(CC(=O)NCCOc4ccc5cc(O)c(N6CC(=O)NS6(=O)=O)c(F)c5c4)CC3(F)F)cc21. The number of phenols is 1. The molecule has 54 heavy (non-hydrogen) atoms. The Labute approximate surface area is 304 Å². The number of aromatic hydroxyl groups is 1. The molecule has 0 spiro atoms. The topological polar surface area (TPSA) is 201 Å². The van der Waals surface area contributed by atoms with Gasteiger partial charge in [0.1, 0.15) is 36.4 Å². The average Bonchev–Trinajstić information content (AvgIpc) is 3.51. The van der Waals surface area contributed by atoms with Crippen LogP contribution in [0.25, 0.3) is 21.8 Å². The van der Waals surface area contributed by atoms with Crippen molar-refractivity contribution in [3.63, 3.8) is 0 Å². The minimum absolute atomic E-state index is 0.0191. The lowest BCUT2D eigenvalue weighted by Crippen LogP contribution is -2.50. The standard InChI is InChI=1S/C34H34F3N7O9S/c1-41-25-12-19(3-5-23(25)44(33(41)50)24-6-7-27(46)39-32(24)49)22-8-10-42(17-34(22,36)37)15-28(47)38-9-11-53-20-4-2-18-13-26(45)31(30(35)21(18)14-20)43-16-29(48)40-54(43,51)52/h2-5,12-14,22,24,45H,6-11,15-17H2,1H3,(H,38,47)(H,40,48)(H,39,46,49). The summed E-state index contributed by atoms with van der Waals surface area (Å²) in [7, 11) is -2.91. The Morgan fingerprint density at radius 3 is 2.54 bits per heavy atom. The summed E-state index contributed by atoms with van der Waals surface area (Å²) in [6.07, 6.45) is 0.227. The molecule has 7 rings (SSSR count). The number of benzene rings is 3. The molecule has 16 nitrogen and oxygen atoms in total. The van der Waals surface area contributed by atoms with Crippen molar-refractivity contribution in [1.29, 1.82) is 0 Å². The lowest BCUT2D eigenvalue weighted by Gasteiger charge is -2.38. The van der Waals surface area contributed by atoms with E-state index in [-0.39, 0.29) is 62.0 Å². The molecule has 4 amide bonds. The van der Waals surface area contributed by atoms with Crippen LogP contribution in [-0.2, 0) is 36.4 Å². The Kier molecular flexibility index (Phi) is 9.28. The first kappa shape index (κ1) is 36.7. The monoisotopic (exact) mass is 773 g/mol. The van der Waals surface area contributed by atoms with Crippen LogP contribution in [0.4, 0.5) is 18.9 Å². The van der Waals surface area contributed by atoms with Gasteiger partial charge in [0.05, 0.1) is 36.6 Å². The van der Waals surface area contributed by atoms with Gasteiger partial charge in [-0.3, -0.25) is 38.5 Å². The van der Waals surface area contributed by atoms with Crippen molar-refractivity contribution in [2.45, 2.75) is 37.1 Å². The van der Waals surface area contributed by atoms with Crippen LogP contribution in [0.1, 0.15) is 36.8 Å². The third kappa shape index (κ3) is 6.70. The Hall–Kier alpha value is -5.63. The number of ether oxygens (including phenoxy) is 1. The first-order chi connectivity index (χ1) is 25.5. The van der Waals surface area contributed by atoms with Crippen molar-refractivity contribution in [1.82, 2.24) is 29.4 Å². The van der Waals surface area contributed by atoms with Gasteiger partial charge in [-0.1, -0.05) is 12.1 Å². The fourth-order valence-corrected chi connectivity index (χ4v) is 8.44. The van der Waals surface area contributed by atoms with E-state index in [0.717, 1.165) is 6.07 Å². The zero-order valence-corrected chi connectivity index (χ0v) is 29.4. The summed E-state index contributed by atoms with van der Waals surface area (Å²) in [5.74, 6) is -8.51. The molecular formula is C34H34F3N7O9S. The second-order valence-electron chi connectivity index (χ2n) is 13.4. The second kappa shape index (κ2) is 13.7. The quantitative estimate of drug-likeness (QED) is 0.141. The third-order valence-corrected chi connectivity index (χ3v) is 11.2. The number of likely N-dealkylation sites (tertiary alicyclic amines) is 1. The van der Waals surface area contributed by atoms with E-state index in [1.54, 1.807) is 4.72 Å². The van der Waals surface area contributed by atoms with Gasteiger partial charge in [-0.05, 0) is 60.7 Å². The number of halogens is 3. The van der Waals surface area contributed by atoms with Crippen molar-refractivity contribution < 1.29 is 50.6 Å². The first-order valence-corrected chi connectivity index (χ1v) is 18.3. The van der Waals surface area contributed by atoms with Crippen LogP contribution in [0, 0.1) is 5.82 Å². The Morgan fingerprint density at radius 2 is 1.83 bits per heavy atom. The summed E-state index contributed by atoms with van der Waals surface area (Å²) >= 11 is 0. The molecular weight excluding hydrogens is 739 g/mol. The molecule has 4 heterocycles. The number of hydrogen-bond acceptors (Lipinski definition) is 10. The van der Waals surface area contributed by atoms with E-state index >= 15 is 13.2 Å². The number of nitrogens with zero attached hydrogens (tertiary/aromatic N) is 4. The molecule has 4 aromatic rings. The number of nitrogens with one attached hydrogen (secondary N) is 3. The minimum Gasteiger partial charge on any atom is -0.506 e. The number of alkyl halides is 2. The lowest BCUT2D eigenvalue weighted by molar-refractivity contribution is -0.136. The highest BCUT2D eigenvalue weighted by molar-refractivity contribution is 7.92. The van der Waals surface area contributed by atoms with Gasteiger partial charge in [0.2, 0.25) is 17.7 Å². The summed E-state index contributed by atoms with van der Waals surface area (Å²) in [6, 6.07) is 8.97. The minimum atomic E-state index is -4.40. The number of aromatic nitrogens is 2. The van der Waals surface area contributed by atoms with Crippen LogP contribution in [0.5, 0.6) is 11.5 Å². The van der Waals surface area contributed by atoms with Gasteiger partial charge < -0.3 is 15.2 Å². The maximum atomic E-state index is 15.6. The summed E-state index contributed by atoms with van der Waals surface area (Å²) in [6.45, 7) is -1.65. The zero-order chi connectivity index (χ0) is 38.7. The molecule has 3 aliphatic heterocycles. The van der Waals surface area contributed by atoms with Gasteiger partial charge in [0.15, 0.2) is 5.82 Å². The van der Waals surface area contributed by atoms with Crippen molar-refractivity contribution in [2.75, 3.05) is 43.6 Å². The Morgan fingerprint density at radius 1 is 1.06 bits per heavy atom. The van der Waals surface area contributed by atoms with Crippen molar-refractivity contribution >= 4 is 61.3 Å². The molecule has 0 aliphatic carbocycles. The van der Waals surface area contributed by atoms with Gasteiger partial charge >= 0.3 is 15.9 Å². The number of hydrogen-bond donors (Lipinski definition) is 4. The van der Waals surface area contributed by atoms with E-state index < -0.39 is 87.8 Å². The summed E-state index contributed by atoms with van der Waals surface area (Å²) in [5, 5.41) is 15.3. The molecule has 3 saturated heterocycles. The van der Waals surface area contributed by atoms with E-state index in [1.807, 2.05) is 0 Å². The van der Waals surface area contributed by atoms with Crippen LogP contribution < -0.4 is 30.1 Å². The molecule has 2 atom stereocenters. The van der Waals surface area contributed by atoms with Crippen LogP contribution >= 0.6 is 0 Å². The van der Waals surface area contributed by atoms with E-state index in [9.17, 15) is 37.5 Å². The van der Waals surface area contributed by atoms with E-state index in [1.165, 1.54) is 57.5 Å². The number of fused-ring (bicyclic) bond motifs is 2. The van der Waals surface area contributed by atoms with Crippen molar-refractivity contribution in [3.8, 4) is 11.5 Å². The van der Waals surface area contributed by atoms with E-state index in [4.69, 9.17) is 4.74 Å². The molecule has 3 aliphatic rings. The predicted octanol–water partition coefficient (Wildman–Crippen LogP) is 1.12. The second-order valence-corrected chi connectivity index (χ2v) is 15.0. The number of carbonyl (C=O) groups is 4. The molecule has 1 aromatic heterocycles. The lowest BCUT2D eigenvalue weighted by atomic mass is 9.86. The molecule has 4 N–H and O–H groups in total. The van der Waals surface area contributed by atoms with Crippen molar-refractivity contribution in [2.24, 2.45) is 7.05 Å². The fourth-order valence-electron chi connectivity index (χ4n) is 7.28. The van der Waals surface area contributed by atoms with Crippen molar-refractivity contribution in [3.05, 3.63) is 64.3 Å². The summed E-state index contributed by atoms with van der Waals surface area (Å²) in [5.41, 5.74) is -0.150. The Bertz CT molecular complexity index is 2420. The largest absolute Gasteiger partial charge is 0.506 e. The Balaban J connectivity index is 0.944. The molecule has 0 saturated carbocycles. The fraction of sp³-hybridized carbons (Fsp3) is 0.382. The van der Waals surface area contributed by atoms with Gasteiger partial charge in [-0.2, -0.15) is 8.42 Å². The number of amides is 4. The van der Waals surface area contributed by atoms with Gasteiger partial charge in [-0.25, -0.2) is 27.0 Å². The van der Waals surface area contributed by atoms with Crippen LogP contribution in [-0.4, -0.2) is 96.4 Å². The van der Waals surface area contributed by atoms with Crippen LogP contribution in [0.15, 0.2) is 47.3 Å². The zero-order valence-electron chi connectivity index (χ0n) is 28.6. The number of aryl methyl sites for hydroxylation is 1. The van der Waals surface area contributed by atoms with Gasteiger partial charge in [0, 0.05) is 18.9 Å². The number of phenolic OH excluding ortho intramolecular Hbond substituents is 1. The highest BCUT2D eigenvalue weighted by Gasteiger charge is 2.46. The molecule has 2 unspecified atom stereocenters. The third-order valence-electron chi connectivity index (χ3n) is 9.85. The normalized spacial score (nSPS) is 21.3. The van der Waals surface area contributed by atoms with E-state index in [0.29, 0.717) is 20.9 Å². The average molecular weight is 774 g/mol. The predicted molar refractivity (Wildman–Crippen MR) is 186 cm³/mol. The summed E-state index contributed by atoms with van der Waals surface area (Å²) in [4.78, 5) is 62.9. The van der Waals surface area contributed by atoms with E-state index in [2.05, 4.69) is 10.6 Å². The molecule has 0 radical (unpaired) electrons.